The molecule has 0 aromatic heterocycles. The van der Waals surface area contributed by atoms with Crippen LogP contribution in [0, 0.1) is 0 Å². The van der Waals surface area contributed by atoms with E-state index in [9.17, 15) is 4.79 Å². The molecular weight excluding hydrogens is 360 g/mol. The number of amides is 2. The Morgan fingerprint density at radius 1 is 0.793 bits per heavy atom. The van der Waals surface area contributed by atoms with Crippen molar-refractivity contribution in [1.82, 2.24) is 15.6 Å². The molecule has 1 saturated heterocycles. The maximum Gasteiger partial charge on any atom is 0.335 e. The lowest BCUT2D eigenvalue weighted by Gasteiger charge is -2.05. The SMILES string of the molecule is CCCCCCCCCCCCCCCCCCNC(=O)N/N=C/CCN1CC1. The van der Waals surface area contributed by atoms with Crippen LogP contribution in [0.5, 0.6) is 0 Å². The van der Waals surface area contributed by atoms with Gasteiger partial charge < -0.3 is 10.2 Å². The number of rotatable bonds is 21. The summed E-state index contributed by atoms with van der Waals surface area (Å²) in [5.74, 6) is 0. The first-order valence-corrected chi connectivity index (χ1v) is 12.6. The fraction of sp³-hybridized carbons (Fsp3) is 0.917. The number of carbonyl (C=O) groups is 1. The molecule has 1 aliphatic rings. The van der Waals surface area contributed by atoms with Gasteiger partial charge in [0.2, 0.25) is 0 Å². The number of urea groups is 1. The monoisotopic (exact) mass is 408 g/mol. The van der Waals surface area contributed by atoms with Crippen molar-refractivity contribution < 1.29 is 4.79 Å². The minimum atomic E-state index is -0.186. The predicted molar refractivity (Wildman–Crippen MR) is 126 cm³/mol. The molecule has 0 saturated carbocycles. The molecule has 170 valence electrons. The summed E-state index contributed by atoms with van der Waals surface area (Å²) < 4.78 is 0. The van der Waals surface area contributed by atoms with Crippen LogP contribution in [0.2, 0.25) is 0 Å². The normalized spacial score (nSPS) is 13.8. The molecule has 1 heterocycles. The minimum absolute atomic E-state index is 0.186. The van der Waals surface area contributed by atoms with Gasteiger partial charge in [0.05, 0.1) is 0 Å². The Morgan fingerprint density at radius 3 is 1.76 bits per heavy atom. The summed E-state index contributed by atoms with van der Waals surface area (Å²) in [6.07, 6.45) is 24.6. The maximum absolute atomic E-state index is 11.6. The number of nitrogens with one attached hydrogen (secondary N) is 2. The standard InChI is InChI=1S/C24H48N4O/c1-2-3-4-5-6-7-8-9-10-11-12-13-14-15-16-17-19-25-24(29)27-26-20-18-21-28-22-23-28/h20H,2-19,21-23H2,1H3,(H2,25,27,29)/b26-20+. The van der Waals surface area contributed by atoms with Crippen molar-refractivity contribution >= 4 is 12.2 Å². The van der Waals surface area contributed by atoms with E-state index in [0.717, 1.165) is 25.9 Å². The van der Waals surface area contributed by atoms with Gasteiger partial charge in [0.1, 0.15) is 0 Å². The van der Waals surface area contributed by atoms with Crippen LogP contribution in [0.1, 0.15) is 116 Å². The third-order valence-corrected chi connectivity index (χ3v) is 5.69. The number of hydrogen-bond acceptors (Lipinski definition) is 3. The largest absolute Gasteiger partial charge is 0.337 e. The topological polar surface area (TPSA) is 56.5 Å². The van der Waals surface area contributed by atoms with Gasteiger partial charge in [0.15, 0.2) is 0 Å². The molecule has 1 fully saturated rings. The maximum atomic E-state index is 11.6. The van der Waals surface area contributed by atoms with Crippen molar-refractivity contribution in [2.24, 2.45) is 5.10 Å². The molecule has 29 heavy (non-hydrogen) atoms. The number of unbranched alkanes of at least 4 members (excludes halogenated alkanes) is 15. The minimum Gasteiger partial charge on any atom is -0.337 e. The Morgan fingerprint density at radius 2 is 1.28 bits per heavy atom. The van der Waals surface area contributed by atoms with Crippen molar-refractivity contribution in [3.05, 3.63) is 0 Å². The highest BCUT2D eigenvalue weighted by Crippen LogP contribution is 2.13. The molecule has 1 rings (SSSR count). The third kappa shape index (κ3) is 20.0. The molecule has 0 radical (unpaired) electrons. The second-order valence-electron chi connectivity index (χ2n) is 8.61. The van der Waals surface area contributed by atoms with Gasteiger partial charge in [-0.25, -0.2) is 10.2 Å². The van der Waals surface area contributed by atoms with Crippen molar-refractivity contribution in [2.75, 3.05) is 26.2 Å². The van der Waals surface area contributed by atoms with Crippen LogP contribution < -0.4 is 10.7 Å². The Balaban J connectivity index is 1.68. The molecule has 0 spiro atoms. The van der Waals surface area contributed by atoms with Gasteiger partial charge >= 0.3 is 6.03 Å². The van der Waals surface area contributed by atoms with Crippen LogP contribution in [0.4, 0.5) is 4.79 Å². The molecule has 1 aliphatic heterocycles. The Bertz CT molecular complexity index is 396. The summed E-state index contributed by atoms with van der Waals surface area (Å²) in [6.45, 7) is 6.49. The highest BCUT2D eigenvalue weighted by Gasteiger charge is 2.14. The second kappa shape index (κ2) is 20.2. The molecule has 0 aliphatic carbocycles. The van der Waals surface area contributed by atoms with Crippen LogP contribution in [0.3, 0.4) is 0 Å². The fourth-order valence-electron chi connectivity index (χ4n) is 3.62. The zero-order valence-corrected chi connectivity index (χ0v) is 19.2. The molecule has 0 aromatic carbocycles. The number of hydrogen-bond donors (Lipinski definition) is 2. The Kier molecular flexibility index (Phi) is 18.1. The van der Waals surface area contributed by atoms with Crippen LogP contribution in [0.25, 0.3) is 0 Å². The summed E-state index contributed by atoms with van der Waals surface area (Å²) in [5, 5.41) is 6.82. The van der Waals surface area contributed by atoms with E-state index in [1.807, 2.05) is 0 Å². The first-order valence-electron chi connectivity index (χ1n) is 12.6. The predicted octanol–water partition coefficient (Wildman–Crippen LogP) is 6.24. The van der Waals surface area contributed by atoms with Crippen LogP contribution in [-0.4, -0.2) is 43.3 Å². The number of nitrogens with zero attached hydrogens (tertiary/aromatic N) is 2. The molecular formula is C24H48N4O. The fourth-order valence-corrected chi connectivity index (χ4v) is 3.62. The average Bonchev–Trinajstić information content (AvgIpc) is 3.54. The quantitative estimate of drug-likeness (QED) is 0.102. The van der Waals surface area contributed by atoms with Gasteiger partial charge in [-0.15, -0.1) is 0 Å². The van der Waals surface area contributed by atoms with Crippen molar-refractivity contribution in [3.63, 3.8) is 0 Å². The van der Waals surface area contributed by atoms with Gasteiger partial charge in [-0.1, -0.05) is 103 Å². The van der Waals surface area contributed by atoms with Crippen LogP contribution in [-0.2, 0) is 0 Å². The molecule has 0 atom stereocenters. The third-order valence-electron chi connectivity index (χ3n) is 5.69. The van der Waals surface area contributed by atoms with Crippen LogP contribution in [0.15, 0.2) is 5.10 Å². The lowest BCUT2D eigenvalue weighted by molar-refractivity contribution is 0.241. The molecule has 5 heteroatoms. The van der Waals surface area contributed by atoms with Crippen molar-refractivity contribution in [2.45, 2.75) is 116 Å². The van der Waals surface area contributed by atoms with E-state index >= 15 is 0 Å². The Labute approximate surface area is 180 Å². The lowest BCUT2D eigenvalue weighted by atomic mass is 10.0. The molecule has 0 aromatic rings. The van der Waals surface area contributed by atoms with E-state index < -0.39 is 0 Å². The van der Waals surface area contributed by atoms with E-state index in [1.165, 1.54) is 109 Å². The number of hydrazone groups is 1. The van der Waals surface area contributed by atoms with E-state index in [-0.39, 0.29) is 6.03 Å². The number of carbonyl (C=O) groups excluding carboxylic acids is 1. The zero-order valence-electron chi connectivity index (χ0n) is 19.2. The summed E-state index contributed by atoms with van der Waals surface area (Å²) in [6, 6.07) is -0.186. The summed E-state index contributed by atoms with van der Waals surface area (Å²) in [4.78, 5) is 13.9. The van der Waals surface area contributed by atoms with Gasteiger partial charge in [-0.3, -0.25) is 0 Å². The molecule has 5 nitrogen and oxygen atoms in total. The first kappa shape index (κ1) is 25.9. The van der Waals surface area contributed by atoms with E-state index in [4.69, 9.17) is 0 Å². The lowest BCUT2D eigenvalue weighted by Crippen LogP contribution is -2.32. The summed E-state index contributed by atoms with van der Waals surface area (Å²) in [7, 11) is 0. The zero-order chi connectivity index (χ0) is 20.8. The van der Waals surface area contributed by atoms with E-state index in [1.54, 1.807) is 6.21 Å². The van der Waals surface area contributed by atoms with Crippen molar-refractivity contribution in [3.8, 4) is 0 Å². The van der Waals surface area contributed by atoms with Gasteiger partial charge in [-0.2, -0.15) is 5.10 Å². The Hall–Kier alpha value is -1.10. The highest BCUT2D eigenvalue weighted by molar-refractivity contribution is 5.74. The van der Waals surface area contributed by atoms with E-state index in [2.05, 4.69) is 27.7 Å². The highest BCUT2D eigenvalue weighted by atomic mass is 16.2. The smallest absolute Gasteiger partial charge is 0.335 e. The summed E-state index contributed by atoms with van der Waals surface area (Å²) in [5.41, 5.74) is 2.53. The first-order chi connectivity index (χ1) is 14.3. The molecule has 2 amide bonds. The van der Waals surface area contributed by atoms with Gasteiger partial charge in [0, 0.05) is 32.4 Å². The summed E-state index contributed by atoms with van der Waals surface area (Å²) >= 11 is 0. The van der Waals surface area contributed by atoms with Crippen molar-refractivity contribution in [1.29, 1.82) is 0 Å². The van der Waals surface area contributed by atoms with Gasteiger partial charge in [0.25, 0.3) is 0 Å². The molecule has 0 bridgehead atoms. The molecule has 2 N–H and O–H groups in total. The van der Waals surface area contributed by atoms with E-state index in [0.29, 0.717) is 0 Å². The second-order valence-corrected chi connectivity index (χ2v) is 8.61. The average molecular weight is 409 g/mol. The van der Waals surface area contributed by atoms with Crippen LogP contribution >= 0.6 is 0 Å². The van der Waals surface area contributed by atoms with Gasteiger partial charge in [-0.05, 0) is 12.8 Å². The molecule has 0 unspecified atom stereocenters.